The maximum atomic E-state index is 10.5. The first-order valence-corrected chi connectivity index (χ1v) is 28.8. The molecule has 0 bridgehead atoms. The second kappa shape index (κ2) is 21.9. The Balaban J connectivity index is 1.15. The molecule has 0 radical (unpaired) electrons. The first-order valence-electron chi connectivity index (χ1n) is 45.3. The molecule has 16 rings (SSSR count). The predicted octanol–water partition coefficient (Wildman–Crippen LogP) is 22.2. The fraction of sp³-hybridized carbons (Fsp3) is 0.0930. The van der Waals surface area contributed by atoms with Crippen LogP contribution in [0.4, 0.5) is 0 Å². The van der Waals surface area contributed by atoms with Crippen LogP contribution in [0.5, 0.6) is 11.5 Å². The zero-order valence-corrected chi connectivity index (χ0v) is 48.6. The lowest BCUT2D eigenvalue weighted by Crippen LogP contribution is -2.32. The average molecular weight is 1200 g/mol. The Morgan fingerprint density at radius 3 is 1.64 bits per heavy atom. The van der Waals surface area contributed by atoms with Crippen LogP contribution in [0.15, 0.2) is 273 Å². The molecule has 436 valence electrons. The Hall–Kier alpha value is -11.1. The van der Waals surface area contributed by atoms with E-state index in [2.05, 4.69) is 27.1 Å². The summed E-state index contributed by atoms with van der Waals surface area (Å²) in [7, 11) is 0. The van der Waals surface area contributed by atoms with Crippen molar-refractivity contribution < 1.29 is 54.5 Å². The molecule has 0 saturated heterocycles. The summed E-state index contributed by atoms with van der Waals surface area (Å²) >= 11 is 0. The van der Waals surface area contributed by atoms with Crippen LogP contribution in [0.1, 0.15) is 93.8 Å². The molecule has 0 fully saturated rings. The number of hydrogen-bond donors (Lipinski definition) is 0. The van der Waals surface area contributed by atoms with Gasteiger partial charge in [0.1, 0.15) is 17.3 Å². The monoisotopic (exact) mass is 1200 g/mol. The summed E-state index contributed by atoms with van der Waals surface area (Å²) in [6.07, 6.45) is 5.07. The lowest BCUT2D eigenvalue weighted by molar-refractivity contribution is -0.570. The highest BCUT2D eigenvalue weighted by Gasteiger charge is 2.30. The van der Waals surface area contributed by atoms with Crippen molar-refractivity contribution in [2.45, 2.75) is 53.6 Å². The minimum absolute atomic E-state index is 0.00430. The lowest BCUT2D eigenvalue weighted by atomic mass is 9.84. The van der Waals surface area contributed by atoms with E-state index in [4.69, 9.17) is 26.2 Å². The smallest absolute Gasteiger partial charge is 0.269 e. The van der Waals surface area contributed by atoms with Crippen LogP contribution in [0.25, 0.3) is 139 Å². The molecule has 0 spiro atoms. The molecule has 0 amide bonds. The fourth-order valence-electron chi connectivity index (χ4n) is 12.1. The first kappa shape index (κ1) is 30.4. The molecule has 3 aromatic heterocycles. The third-order valence-corrected chi connectivity index (χ3v) is 16.3. The molecule has 91 heavy (non-hydrogen) atoms. The first-order chi connectivity index (χ1) is 58.0. The van der Waals surface area contributed by atoms with E-state index in [1.165, 1.54) is 28.8 Å². The van der Waals surface area contributed by atoms with Crippen molar-refractivity contribution >= 4 is 32.8 Å². The van der Waals surface area contributed by atoms with E-state index >= 15 is 0 Å². The molecule has 15 aromatic rings. The molecular weight excluding hydrogens is 1100 g/mol. The molecule has 0 unspecified atom stereocenters. The van der Waals surface area contributed by atoms with Crippen molar-refractivity contribution in [3.05, 3.63) is 307 Å². The van der Waals surface area contributed by atoms with Gasteiger partial charge in [-0.25, -0.2) is 4.98 Å². The number of pyridine rings is 1. The summed E-state index contributed by atoms with van der Waals surface area (Å²) in [5.41, 5.74) is -12.8. The highest BCUT2D eigenvalue weighted by molar-refractivity contribution is 6.10. The average Bonchev–Trinajstić information content (AvgIpc) is 1.48. The van der Waals surface area contributed by atoms with Gasteiger partial charge in [-0.15, -0.1) is 0 Å². The van der Waals surface area contributed by atoms with E-state index in [9.17, 15) is 28.8 Å². The largest absolute Gasteiger partial charge is 0.458 e. The van der Waals surface area contributed by atoms with E-state index in [1.807, 2.05) is 47.0 Å². The minimum atomic E-state index is -3.36. The molecule has 1 aliphatic rings. The summed E-state index contributed by atoms with van der Waals surface area (Å²) in [6.45, 7) is -6.98. The van der Waals surface area contributed by atoms with Gasteiger partial charge in [-0.1, -0.05) is 196 Å². The minimum Gasteiger partial charge on any atom is -0.458 e. The van der Waals surface area contributed by atoms with E-state index in [0.29, 0.717) is 11.3 Å². The van der Waals surface area contributed by atoms with Gasteiger partial charge in [0.15, 0.2) is 0 Å². The highest BCUT2D eigenvalue weighted by atomic mass is 16.5. The number of nitrogens with zero attached hydrogens (tertiary/aromatic N) is 4. The van der Waals surface area contributed by atoms with Gasteiger partial charge in [-0.3, -0.25) is 13.7 Å². The quantitative estimate of drug-likeness (QED) is 0.107. The zero-order valence-electron chi connectivity index (χ0n) is 81.6. The third-order valence-electron chi connectivity index (χ3n) is 16.3. The molecule has 0 N–H and O–H groups in total. The molecule has 4 heterocycles. The molecule has 1 aliphatic heterocycles. The number of para-hydroxylation sites is 1. The van der Waals surface area contributed by atoms with Crippen LogP contribution in [-0.4, -0.2) is 14.1 Å². The Morgan fingerprint density at radius 2 is 0.989 bits per heavy atom. The Kier molecular flexibility index (Phi) is 7.30. The number of hydrogen-bond acceptors (Lipinski definition) is 2. The maximum absolute atomic E-state index is 10.5. The van der Waals surface area contributed by atoms with E-state index in [1.54, 1.807) is 30.5 Å². The number of aromatic nitrogens is 4. The predicted molar refractivity (Wildman–Crippen MR) is 377 cm³/mol. The summed E-state index contributed by atoms with van der Waals surface area (Å²) in [5.74, 6) is 0.898. The molecule has 0 atom stereocenters. The van der Waals surface area contributed by atoms with Crippen LogP contribution in [0.2, 0.25) is 0 Å². The molecular formula is C86H66N4O. The van der Waals surface area contributed by atoms with Gasteiger partial charge in [0.25, 0.3) is 6.33 Å². The van der Waals surface area contributed by atoms with Crippen molar-refractivity contribution in [3.63, 3.8) is 0 Å². The lowest BCUT2D eigenvalue weighted by Gasteiger charge is -2.23. The number of benzene rings is 12. The van der Waals surface area contributed by atoms with Crippen molar-refractivity contribution in [1.82, 2.24) is 14.1 Å². The second-order valence-corrected chi connectivity index (χ2v) is 22.8. The number of aryl methyl sites for hydroxylation is 4. The molecule has 0 saturated carbocycles. The topological polar surface area (TPSA) is 35.9 Å². The van der Waals surface area contributed by atoms with Crippen LogP contribution in [0.3, 0.4) is 0 Å². The Morgan fingerprint density at radius 1 is 0.440 bits per heavy atom. The SMILES string of the molecule is [2H]c1c([2H])c([2H])c(-c2c([2H])c(-c3cc4c5c(c3)n(-c3cccc(Oc6ccc7c8ccccc8n(-c8cc(C(C)(C)C)ccn8)c7c6)c3)[c-][n+]5-c3c(-c5c(C([2H])([2H])[2H])cccc5C([2H])([2H])[2H])cc(-c5c(C([2H])([2H])[2H])cccc5C([2H])([2H])[2H])cc3-c3c([2H])c([2H])c([2H])c([2H])c3-c3c([2H])c([2H])c([2H])c([2H])c3-4)c([2H])c(-c3c([2H])c([2H])c([2H])c([2H])c3[2H])c2[2H])c([2H])c1[2H]. The molecule has 5 heteroatoms. The fourth-order valence-corrected chi connectivity index (χ4v) is 12.1. The molecule has 12 aromatic carbocycles. The Labute approximate surface area is 578 Å². The normalized spacial score (nSPS) is 17.6. The highest BCUT2D eigenvalue weighted by Crippen LogP contribution is 2.49. The van der Waals surface area contributed by atoms with Gasteiger partial charge >= 0.3 is 0 Å². The van der Waals surface area contributed by atoms with E-state index in [0.717, 1.165) is 75.0 Å². The number of rotatable bonds is 9. The maximum Gasteiger partial charge on any atom is 0.269 e. The van der Waals surface area contributed by atoms with Gasteiger partial charge in [0, 0.05) is 39.5 Å². The van der Waals surface area contributed by atoms with Gasteiger partial charge < -0.3 is 4.74 Å². The van der Waals surface area contributed by atoms with Crippen molar-refractivity contribution in [3.8, 4) is 118 Å². The van der Waals surface area contributed by atoms with Crippen molar-refractivity contribution in [1.29, 1.82) is 0 Å². The van der Waals surface area contributed by atoms with E-state index < -0.39 is 271 Å². The van der Waals surface area contributed by atoms with Crippen LogP contribution in [-0.2, 0) is 5.41 Å². The van der Waals surface area contributed by atoms with Crippen LogP contribution >= 0.6 is 0 Å². The van der Waals surface area contributed by atoms with Gasteiger partial charge in [-0.2, -0.15) is 0 Å². The number of imidazole rings is 1. The zero-order chi connectivity index (χ0) is 89.9. The van der Waals surface area contributed by atoms with E-state index in [-0.39, 0.29) is 33.6 Å². The number of ether oxygens (including phenoxy) is 1. The summed E-state index contributed by atoms with van der Waals surface area (Å²) in [5, 5.41) is 1.68. The summed E-state index contributed by atoms with van der Waals surface area (Å²) in [6, 6.07) is 13.3. The molecule has 5 nitrogen and oxygen atoms in total. The van der Waals surface area contributed by atoms with Gasteiger partial charge in [0.05, 0.1) is 62.2 Å². The number of fused-ring (bicyclic) bond motifs is 10. The van der Waals surface area contributed by atoms with Gasteiger partial charge in [-0.05, 0) is 235 Å². The second-order valence-electron chi connectivity index (χ2n) is 22.8. The van der Waals surface area contributed by atoms with Crippen LogP contribution in [0, 0.1) is 33.7 Å². The van der Waals surface area contributed by atoms with Crippen molar-refractivity contribution in [2.75, 3.05) is 0 Å². The summed E-state index contributed by atoms with van der Waals surface area (Å²) in [4.78, 5) is 4.84. The van der Waals surface area contributed by atoms with Gasteiger partial charge in [0.2, 0.25) is 0 Å². The summed E-state index contributed by atoms with van der Waals surface area (Å²) < 4.78 is 323. The van der Waals surface area contributed by atoms with Crippen molar-refractivity contribution in [2.24, 2.45) is 0 Å². The third kappa shape index (κ3) is 9.55. The Bertz CT molecular complexity index is 6990. The van der Waals surface area contributed by atoms with Crippen LogP contribution < -0.4 is 9.30 Å². The standard InChI is InChI=1S/C86H66N4O/c1-54-23-20-24-55(2)82(54)64-47-75-71-35-16-14-33-69(71)70-34-15-17-36-72(70)76-46-63(62-44-60(58-27-10-8-11-28-58)43-61(45-62)59-29-12-9-13-30-59)49-80-85(76)89(84(75)77(48-64)83-56(3)25-21-26-57(83)4)53-88(80)66-31-22-32-67(51-66)91-68-39-40-74-73-37-18-19-38-78(73)90(79(74)52-68)81-50-65(41-42-87-81)86(5,6)7/h8-52H,1-7H3/i1D3,2D3,3D3,4D3,8D,9D,10D,11D,12D,13D,14D,15D,16D,17D,27D,28D,29D,30D,33D,34D,35D,36D,43D,44D,45D. The molecule has 0 aliphatic carbocycles.